The van der Waals surface area contributed by atoms with E-state index in [0.29, 0.717) is 44.3 Å². The predicted octanol–water partition coefficient (Wildman–Crippen LogP) is 3.58. The topological polar surface area (TPSA) is 36.4 Å². The Balaban J connectivity index is 1.94. The van der Waals surface area contributed by atoms with E-state index < -0.39 is 11.7 Å². The first kappa shape index (κ1) is 18.5. The molecule has 4 nitrogen and oxygen atoms in total. The monoisotopic (exact) mass is 343 g/mol. The maximum Gasteiger partial charge on any atom is 0.417 e. The number of aromatic nitrogens is 1. The van der Waals surface area contributed by atoms with Crippen LogP contribution < -0.4 is 4.90 Å². The van der Waals surface area contributed by atoms with Crippen molar-refractivity contribution in [2.45, 2.75) is 39.3 Å². The second-order valence-corrected chi connectivity index (χ2v) is 6.56. The summed E-state index contributed by atoms with van der Waals surface area (Å²) in [6.45, 7) is 6.73. The van der Waals surface area contributed by atoms with Crippen molar-refractivity contribution in [1.82, 2.24) is 9.88 Å². The molecule has 24 heavy (non-hydrogen) atoms. The third-order valence-corrected chi connectivity index (χ3v) is 4.18. The number of pyridine rings is 1. The molecule has 0 spiro atoms. The van der Waals surface area contributed by atoms with Crippen LogP contribution in [-0.2, 0) is 11.0 Å². The molecule has 2 heterocycles. The minimum Gasteiger partial charge on any atom is -0.355 e. The minimum atomic E-state index is -4.37. The van der Waals surface area contributed by atoms with E-state index >= 15 is 0 Å². The number of alkyl halides is 3. The Labute approximate surface area is 140 Å². The summed E-state index contributed by atoms with van der Waals surface area (Å²) in [5.41, 5.74) is -0.744. The summed E-state index contributed by atoms with van der Waals surface area (Å²) in [5.74, 6) is 1.18. The molecule has 0 unspecified atom stereocenters. The lowest BCUT2D eigenvalue weighted by molar-refractivity contribution is -0.137. The van der Waals surface area contributed by atoms with Gasteiger partial charge in [0.25, 0.3) is 0 Å². The number of amides is 1. The van der Waals surface area contributed by atoms with E-state index in [-0.39, 0.29) is 5.91 Å². The molecule has 7 heteroatoms. The summed E-state index contributed by atoms with van der Waals surface area (Å²) in [6, 6.07) is 2.46. The Morgan fingerprint density at radius 1 is 1.21 bits per heavy atom. The molecule has 1 saturated heterocycles. The molecule has 0 aliphatic carbocycles. The number of rotatable bonds is 4. The molecule has 1 aromatic rings. The molecule has 1 aliphatic heterocycles. The molecule has 0 bridgehead atoms. The minimum absolute atomic E-state index is 0.158. The summed E-state index contributed by atoms with van der Waals surface area (Å²) >= 11 is 0. The largest absolute Gasteiger partial charge is 0.417 e. The molecule has 1 fully saturated rings. The van der Waals surface area contributed by atoms with Crippen molar-refractivity contribution < 1.29 is 18.0 Å². The molecule has 0 atom stereocenters. The van der Waals surface area contributed by atoms with Crippen LogP contribution in [0.5, 0.6) is 0 Å². The highest BCUT2D eigenvalue weighted by atomic mass is 19.4. The van der Waals surface area contributed by atoms with Crippen LogP contribution in [0.1, 0.15) is 38.7 Å². The van der Waals surface area contributed by atoms with Gasteiger partial charge in [0, 0.05) is 38.8 Å². The van der Waals surface area contributed by atoms with Gasteiger partial charge in [-0.2, -0.15) is 13.2 Å². The molecule has 1 amide bonds. The predicted molar refractivity (Wildman–Crippen MR) is 86.7 cm³/mol. The SMILES string of the molecule is CC(C)CCC(=O)N1CCCN(c2ccc(C(F)(F)F)cn2)CC1. The highest BCUT2D eigenvalue weighted by Gasteiger charge is 2.31. The number of hydrogen-bond acceptors (Lipinski definition) is 3. The molecular formula is C17H24F3N3O. The summed E-state index contributed by atoms with van der Waals surface area (Å²) in [7, 11) is 0. The van der Waals surface area contributed by atoms with E-state index in [1.165, 1.54) is 6.07 Å². The first-order valence-corrected chi connectivity index (χ1v) is 8.33. The fourth-order valence-electron chi connectivity index (χ4n) is 2.71. The Bertz CT molecular complexity index is 543. The lowest BCUT2D eigenvalue weighted by Crippen LogP contribution is -2.35. The van der Waals surface area contributed by atoms with Crippen molar-refractivity contribution >= 4 is 11.7 Å². The molecule has 2 rings (SSSR count). The van der Waals surface area contributed by atoms with Crippen LogP contribution in [0.25, 0.3) is 0 Å². The third-order valence-electron chi connectivity index (χ3n) is 4.18. The quantitative estimate of drug-likeness (QED) is 0.838. The van der Waals surface area contributed by atoms with Crippen molar-refractivity contribution in [2.24, 2.45) is 5.92 Å². The molecular weight excluding hydrogens is 319 g/mol. The van der Waals surface area contributed by atoms with Gasteiger partial charge >= 0.3 is 6.18 Å². The van der Waals surface area contributed by atoms with Gasteiger partial charge in [-0.05, 0) is 30.9 Å². The molecule has 0 saturated carbocycles. The summed E-state index contributed by atoms with van der Waals surface area (Å²) in [5, 5.41) is 0. The molecule has 1 aliphatic rings. The zero-order valence-electron chi connectivity index (χ0n) is 14.1. The number of halogens is 3. The second-order valence-electron chi connectivity index (χ2n) is 6.56. The van der Waals surface area contributed by atoms with Crippen LogP contribution in [0.3, 0.4) is 0 Å². The standard InChI is InChI=1S/C17H24F3N3O/c1-13(2)4-7-16(24)23-9-3-8-22(10-11-23)15-6-5-14(12-21-15)17(18,19)20/h5-6,12-13H,3-4,7-11H2,1-2H3. The van der Waals surface area contributed by atoms with Crippen LogP contribution in [0.15, 0.2) is 18.3 Å². The normalized spacial score (nSPS) is 16.4. The average molecular weight is 343 g/mol. The fraction of sp³-hybridized carbons (Fsp3) is 0.647. The van der Waals surface area contributed by atoms with Gasteiger partial charge in [-0.25, -0.2) is 4.98 Å². The van der Waals surface area contributed by atoms with Crippen molar-refractivity contribution in [3.63, 3.8) is 0 Å². The van der Waals surface area contributed by atoms with Crippen LogP contribution in [-0.4, -0.2) is 42.0 Å². The van der Waals surface area contributed by atoms with Gasteiger partial charge in [0.1, 0.15) is 5.82 Å². The molecule has 0 N–H and O–H groups in total. The van der Waals surface area contributed by atoms with E-state index in [2.05, 4.69) is 18.8 Å². The Morgan fingerprint density at radius 3 is 2.54 bits per heavy atom. The van der Waals surface area contributed by atoms with Crippen molar-refractivity contribution in [2.75, 3.05) is 31.1 Å². The fourth-order valence-corrected chi connectivity index (χ4v) is 2.71. The number of anilines is 1. The van der Waals surface area contributed by atoms with Crippen molar-refractivity contribution in [1.29, 1.82) is 0 Å². The second kappa shape index (κ2) is 7.85. The molecule has 1 aromatic heterocycles. The maximum absolute atomic E-state index is 12.6. The van der Waals surface area contributed by atoms with Gasteiger partial charge in [-0.15, -0.1) is 0 Å². The molecule has 0 aromatic carbocycles. The van der Waals surface area contributed by atoms with E-state index in [9.17, 15) is 18.0 Å². The van der Waals surface area contributed by atoms with Crippen LogP contribution >= 0.6 is 0 Å². The first-order chi connectivity index (χ1) is 11.3. The van der Waals surface area contributed by atoms with Gasteiger partial charge in [-0.3, -0.25) is 4.79 Å². The lowest BCUT2D eigenvalue weighted by atomic mass is 10.1. The third kappa shape index (κ3) is 5.11. The van der Waals surface area contributed by atoms with Crippen LogP contribution in [0, 0.1) is 5.92 Å². The van der Waals surface area contributed by atoms with Crippen molar-refractivity contribution in [3.05, 3.63) is 23.9 Å². The van der Waals surface area contributed by atoms with E-state index in [0.717, 1.165) is 25.1 Å². The molecule has 134 valence electrons. The van der Waals surface area contributed by atoms with Gasteiger partial charge in [0.05, 0.1) is 5.56 Å². The Hall–Kier alpha value is -1.79. The zero-order valence-corrected chi connectivity index (χ0v) is 14.1. The van der Waals surface area contributed by atoms with Crippen LogP contribution in [0.4, 0.5) is 19.0 Å². The van der Waals surface area contributed by atoms with E-state index in [1.54, 1.807) is 0 Å². The molecule has 0 radical (unpaired) electrons. The number of carbonyl (C=O) groups is 1. The summed E-state index contributed by atoms with van der Waals surface area (Å²) < 4.78 is 37.8. The number of nitrogens with zero attached hydrogens (tertiary/aromatic N) is 3. The van der Waals surface area contributed by atoms with E-state index in [1.807, 2.05) is 9.80 Å². The highest BCUT2D eigenvalue weighted by molar-refractivity contribution is 5.76. The van der Waals surface area contributed by atoms with Crippen molar-refractivity contribution in [3.8, 4) is 0 Å². The zero-order chi connectivity index (χ0) is 17.7. The summed E-state index contributed by atoms with van der Waals surface area (Å²) in [4.78, 5) is 20.0. The van der Waals surface area contributed by atoms with Gasteiger partial charge in [0.2, 0.25) is 5.91 Å². The average Bonchev–Trinajstić information content (AvgIpc) is 2.78. The lowest BCUT2D eigenvalue weighted by Gasteiger charge is -2.23. The van der Waals surface area contributed by atoms with Gasteiger partial charge in [0.15, 0.2) is 0 Å². The highest BCUT2D eigenvalue weighted by Crippen LogP contribution is 2.29. The van der Waals surface area contributed by atoms with Crippen LogP contribution in [0.2, 0.25) is 0 Å². The number of carbonyl (C=O) groups excluding carboxylic acids is 1. The smallest absolute Gasteiger partial charge is 0.355 e. The Kier molecular flexibility index (Phi) is 6.07. The van der Waals surface area contributed by atoms with Gasteiger partial charge in [-0.1, -0.05) is 13.8 Å². The summed E-state index contributed by atoms with van der Waals surface area (Å²) in [6.07, 6.45) is -1.29. The van der Waals surface area contributed by atoms with Gasteiger partial charge < -0.3 is 9.80 Å². The van der Waals surface area contributed by atoms with E-state index in [4.69, 9.17) is 0 Å². The Morgan fingerprint density at radius 2 is 1.96 bits per heavy atom. The first-order valence-electron chi connectivity index (χ1n) is 8.33. The number of hydrogen-bond donors (Lipinski definition) is 0. The maximum atomic E-state index is 12.6.